The van der Waals surface area contributed by atoms with E-state index < -0.39 is 22.1 Å². The van der Waals surface area contributed by atoms with Crippen LogP contribution >= 0.6 is 0 Å². The van der Waals surface area contributed by atoms with Gasteiger partial charge in [0.05, 0.1) is 24.1 Å². The minimum atomic E-state index is -3.81. The van der Waals surface area contributed by atoms with Gasteiger partial charge < -0.3 is 14.2 Å². The van der Waals surface area contributed by atoms with Crippen LogP contribution in [0, 0.1) is 6.92 Å². The van der Waals surface area contributed by atoms with E-state index in [1.54, 1.807) is 25.1 Å². The molecule has 8 heteroatoms. The number of methoxy groups -OCH3 is 1. The first kappa shape index (κ1) is 18.2. The van der Waals surface area contributed by atoms with Crippen molar-refractivity contribution in [1.29, 1.82) is 0 Å². The highest BCUT2D eigenvalue weighted by Gasteiger charge is 2.24. The average molecular weight is 377 g/mol. The summed E-state index contributed by atoms with van der Waals surface area (Å²) in [4.78, 5) is 11.7. The maximum atomic E-state index is 12.5. The summed E-state index contributed by atoms with van der Waals surface area (Å²) in [5, 5.41) is 0. The van der Waals surface area contributed by atoms with Gasteiger partial charge in [-0.25, -0.2) is 17.9 Å². The van der Waals surface area contributed by atoms with Crippen molar-refractivity contribution in [2.24, 2.45) is 0 Å². The molecular weight excluding hydrogens is 358 g/mol. The topological polar surface area (TPSA) is 90.9 Å². The Morgan fingerprint density at radius 2 is 1.96 bits per heavy atom. The van der Waals surface area contributed by atoms with E-state index >= 15 is 0 Å². The van der Waals surface area contributed by atoms with Gasteiger partial charge in [-0.3, -0.25) is 0 Å². The maximum Gasteiger partial charge on any atom is 0.338 e. The highest BCUT2D eigenvalue weighted by Crippen LogP contribution is 2.30. The monoisotopic (exact) mass is 377 g/mol. The van der Waals surface area contributed by atoms with E-state index in [4.69, 9.17) is 9.47 Å². The zero-order chi connectivity index (χ0) is 18.7. The molecule has 0 saturated heterocycles. The number of sulfonamides is 1. The van der Waals surface area contributed by atoms with Crippen LogP contribution in [-0.2, 0) is 14.8 Å². The van der Waals surface area contributed by atoms with Gasteiger partial charge in [0.2, 0.25) is 10.0 Å². The summed E-state index contributed by atoms with van der Waals surface area (Å²) in [6, 6.07) is 11.5. The van der Waals surface area contributed by atoms with Crippen LogP contribution < -0.4 is 14.2 Å². The van der Waals surface area contributed by atoms with E-state index in [0.29, 0.717) is 17.1 Å². The van der Waals surface area contributed by atoms with Crippen molar-refractivity contribution in [1.82, 2.24) is 4.72 Å². The van der Waals surface area contributed by atoms with Gasteiger partial charge in [-0.15, -0.1) is 0 Å². The quantitative estimate of drug-likeness (QED) is 0.801. The number of esters is 1. The Hall–Kier alpha value is -2.58. The van der Waals surface area contributed by atoms with Crippen molar-refractivity contribution in [3.05, 3.63) is 53.6 Å². The summed E-state index contributed by atoms with van der Waals surface area (Å²) in [5.74, 6) is 0.624. The number of ether oxygens (including phenoxy) is 3. The predicted molar refractivity (Wildman–Crippen MR) is 94.1 cm³/mol. The smallest absolute Gasteiger partial charge is 0.338 e. The molecule has 0 saturated carbocycles. The summed E-state index contributed by atoms with van der Waals surface area (Å²) >= 11 is 0. The third kappa shape index (κ3) is 3.81. The fourth-order valence-corrected chi connectivity index (χ4v) is 3.64. The molecule has 1 aliphatic heterocycles. The number of aryl methyl sites for hydroxylation is 1. The number of nitrogens with one attached hydrogen (secondary N) is 1. The van der Waals surface area contributed by atoms with Gasteiger partial charge in [0, 0.05) is 0 Å². The first-order valence-electron chi connectivity index (χ1n) is 7.98. The highest BCUT2D eigenvalue weighted by molar-refractivity contribution is 7.89. The molecule has 7 nitrogen and oxygen atoms in total. The molecule has 3 rings (SSSR count). The van der Waals surface area contributed by atoms with Crippen LogP contribution in [0.1, 0.15) is 15.9 Å². The fourth-order valence-electron chi connectivity index (χ4n) is 2.55. The van der Waals surface area contributed by atoms with Crippen LogP contribution in [0.15, 0.2) is 47.4 Å². The van der Waals surface area contributed by atoms with E-state index in [2.05, 4.69) is 9.46 Å². The molecule has 26 heavy (non-hydrogen) atoms. The molecule has 1 aliphatic rings. The first-order chi connectivity index (χ1) is 12.4. The van der Waals surface area contributed by atoms with Crippen molar-refractivity contribution in [2.75, 3.05) is 20.3 Å². The van der Waals surface area contributed by atoms with E-state index in [9.17, 15) is 13.2 Å². The number of carbonyl (C=O) groups is 1. The lowest BCUT2D eigenvalue weighted by molar-refractivity contribution is 0.0599. The molecule has 2 aromatic rings. The minimum absolute atomic E-state index is 0.0133. The van der Waals surface area contributed by atoms with Crippen LogP contribution in [-0.4, -0.2) is 40.8 Å². The minimum Gasteiger partial charge on any atom is -0.486 e. The molecule has 0 unspecified atom stereocenters. The second-order valence-corrected chi connectivity index (χ2v) is 7.58. The molecule has 0 amide bonds. The Bertz CT molecular complexity index is 925. The Kier molecular flexibility index (Phi) is 5.15. The van der Waals surface area contributed by atoms with E-state index in [1.165, 1.54) is 19.2 Å². The van der Waals surface area contributed by atoms with Crippen LogP contribution in [0.2, 0.25) is 0 Å². The normalized spacial score (nSPS) is 16.2. The van der Waals surface area contributed by atoms with Crippen molar-refractivity contribution in [2.45, 2.75) is 17.9 Å². The van der Waals surface area contributed by atoms with Crippen molar-refractivity contribution in [3.63, 3.8) is 0 Å². The van der Waals surface area contributed by atoms with Gasteiger partial charge in [-0.2, -0.15) is 0 Å². The van der Waals surface area contributed by atoms with Gasteiger partial charge in [-0.1, -0.05) is 18.2 Å². The molecule has 2 aromatic carbocycles. The highest BCUT2D eigenvalue weighted by atomic mass is 32.2. The lowest BCUT2D eigenvalue weighted by atomic mass is 10.1. The summed E-state index contributed by atoms with van der Waals surface area (Å²) < 4.78 is 43.5. The molecule has 0 aliphatic carbocycles. The number of hydrogen-bond donors (Lipinski definition) is 1. The number of fused-ring (bicyclic) bond motifs is 1. The zero-order valence-corrected chi connectivity index (χ0v) is 15.2. The second kappa shape index (κ2) is 7.35. The Balaban J connectivity index is 1.71. The molecule has 138 valence electrons. The molecule has 0 spiro atoms. The van der Waals surface area contributed by atoms with Crippen LogP contribution in [0.3, 0.4) is 0 Å². The molecule has 0 bridgehead atoms. The molecule has 0 radical (unpaired) electrons. The third-order valence-corrected chi connectivity index (χ3v) is 5.41. The predicted octanol–water partition coefficient (Wildman–Crippen LogP) is 1.90. The van der Waals surface area contributed by atoms with Crippen molar-refractivity contribution in [3.8, 4) is 11.5 Å². The summed E-state index contributed by atoms with van der Waals surface area (Å²) in [7, 11) is -2.56. The lowest BCUT2D eigenvalue weighted by Crippen LogP contribution is -2.40. The van der Waals surface area contributed by atoms with E-state index in [1.807, 2.05) is 12.1 Å². The van der Waals surface area contributed by atoms with Crippen LogP contribution in [0.5, 0.6) is 11.5 Å². The van der Waals surface area contributed by atoms with Crippen molar-refractivity contribution < 1.29 is 27.4 Å². The average Bonchev–Trinajstić information content (AvgIpc) is 2.66. The molecule has 0 aromatic heterocycles. The largest absolute Gasteiger partial charge is 0.486 e. The molecular formula is C18H19NO6S. The first-order valence-corrected chi connectivity index (χ1v) is 9.46. The van der Waals surface area contributed by atoms with E-state index in [-0.39, 0.29) is 23.6 Å². The molecule has 0 fully saturated rings. The number of rotatable bonds is 5. The Labute approximate surface area is 151 Å². The summed E-state index contributed by atoms with van der Waals surface area (Å²) in [5.41, 5.74) is 0.845. The van der Waals surface area contributed by atoms with Gasteiger partial charge in [0.25, 0.3) is 0 Å². The Morgan fingerprint density at radius 3 is 2.69 bits per heavy atom. The van der Waals surface area contributed by atoms with Gasteiger partial charge in [0.15, 0.2) is 11.5 Å². The zero-order valence-electron chi connectivity index (χ0n) is 14.4. The summed E-state index contributed by atoms with van der Waals surface area (Å²) in [6.07, 6.45) is -0.454. The molecule has 1 N–H and O–H groups in total. The third-order valence-electron chi connectivity index (χ3n) is 3.99. The van der Waals surface area contributed by atoms with Gasteiger partial charge in [0.1, 0.15) is 12.7 Å². The standard InChI is InChI=1S/C18H19NO6S/c1-12-7-8-14(9-15(12)18(20)23-2)26(21,22)19-10-13-11-24-16-5-3-4-6-17(16)25-13/h3-9,13,19H,10-11H2,1-2H3/t13-/m1/s1. The van der Waals surface area contributed by atoms with Crippen LogP contribution in [0.4, 0.5) is 0 Å². The Morgan fingerprint density at radius 1 is 1.23 bits per heavy atom. The number of carbonyl (C=O) groups excluding carboxylic acids is 1. The maximum absolute atomic E-state index is 12.5. The fraction of sp³-hybridized carbons (Fsp3) is 0.278. The molecule has 1 heterocycles. The SMILES string of the molecule is COC(=O)c1cc(S(=O)(=O)NC[C@@H]2COc3ccccc3O2)ccc1C. The van der Waals surface area contributed by atoms with Gasteiger partial charge >= 0.3 is 5.97 Å². The second-order valence-electron chi connectivity index (χ2n) is 5.82. The van der Waals surface area contributed by atoms with E-state index in [0.717, 1.165) is 0 Å². The number of para-hydroxylation sites is 2. The number of hydrogen-bond acceptors (Lipinski definition) is 6. The molecule has 1 atom stereocenters. The van der Waals surface area contributed by atoms with Crippen molar-refractivity contribution >= 4 is 16.0 Å². The summed E-state index contributed by atoms with van der Waals surface area (Å²) in [6.45, 7) is 1.99. The number of benzene rings is 2. The van der Waals surface area contributed by atoms with Gasteiger partial charge in [-0.05, 0) is 36.8 Å². The lowest BCUT2D eigenvalue weighted by Gasteiger charge is -2.26. The van der Waals surface area contributed by atoms with Crippen LogP contribution in [0.25, 0.3) is 0 Å².